The molecule has 2 saturated carbocycles. The van der Waals surface area contributed by atoms with E-state index in [9.17, 15) is 0 Å². The summed E-state index contributed by atoms with van der Waals surface area (Å²) in [5.41, 5.74) is 7.01. The summed E-state index contributed by atoms with van der Waals surface area (Å²) < 4.78 is 5.76. The molecule has 2 aliphatic rings. The zero-order valence-corrected chi connectivity index (χ0v) is 13.2. The van der Waals surface area contributed by atoms with E-state index in [1.807, 2.05) is 12.1 Å². The number of nitrogens with two attached hydrogens (primary N) is 1. The highest BCUT2D eigenvalue weighted by Crippen LogP contribution is 2.36. The minimum absolute atomic E-state index is 0.426. The molecule has 0 spiro atoms. The molecule has 116 valence electrons. The maximum Gasteiger partial charge on any atom is 0.239 e. The fraction of sp³-hybridized carbons (Fsp3) is 0.706. The predicted molar refractivity (Wildman–Crippen MR) is 86.5 cm³/mol. The molecule has 1 heterocycles. The normalized spacial score (nSPS) is 24.6. The monoisotopic (exact) mass is 289 g/mol. The van der Waals surface area contributed by atoms with Crippen LogP contribution < -0.4 is 15.8 Å². The highest BCUT2D eigenvalue weighted by atomic mass is 16.5. The van der Waals surface area contributed by atoms with Crippen LogP contribution in [0, 0.1) is 11.3 Å². The number of rotatable bonds is 5. The topological polar surface area (TPSA) is 60.2 Å². The molecule has 1 aromatic rings. The van der Waals surface area contributed by atoms with Gasteiger partial charge in [-0.1, -0.05) is 20.3 Å². The van der Waals surface area contributed by atoms with E-state index in [2.05, 4.69) is 24.1 Å². The molecule has 0 amide bonds. The molecular weight excluding hydrogens is 262 g/mol. The first kappa shape index (κ1) is 14.5. The van der Waals surface area contributed by atoms with E-state index in [-0.39, 0.29) is 0 Å². The van der Waals surface area contributed by atoms with Crippen molar-refractivity contribution < 1.29 is 4.74 Å². The average Bonchev–Trinajstić information content (AvgIpc) is 3.22. The zero-order chi connectivity index (χ0) is 14.9. The van der Waals surface area contributed by atoms with Crippen LogP contribution in [-0.4, -0.2) is 17.6 Å². The molecule has 0 bridgehead atoms. The summed E-state index contributed by atoms with van der Waals surface area (Å²) in [6.45, 7) is 5.44. The number of aromatic nitrogens is 1. The molecule has 0 aromatic carbocycles. The Bertz CT molecular complexity index is 497. The highest BCUT2D eigenvalue weighted by molar-refractivity contribution is 5.53. The molecule has 1 unspecified atom stereocenters. The molecule has 0 radical (unpaired) electrons. The number of nitrogens with one attached hydrogen (secondary N) is 1. The molecule has 3 rings (SSSR count). The minimum Gasteiger partial charge on any atom is -0.476 e. The van der Waals surface area contributed by atoms with Crippen molar-refractivity contribution in [2.45, 2.75) is 58.4 Å². The van der Waals surface area contributed by atoms with Gasteiger partial charge in [0.2, 0.25) is 5.88 Å². The first-order valence-corrected chi connectivity index (χ1v) is 8.18. The Balaban J connectivity index is 1.62. The minimum atomic E-state index is 0.426. The van der Waals surface area contributed by atoms with Gasteiger partial charge in [0, 0.05) is 6.04 Å². The molecule has 0 saturated heterocycles. The van der Waals surface area contributed by atoms with Crippen LogP contribution in [0.25, 0.3) is 0 Å². The Morgan fingerprint density at radius 1 is 1.33 bits per heavy atom. The fourth-order valence-electron chi connectivity index (χ4n) is 3.16. The van der Waals surface area contributed by atoms with Gasteiger partial charge in [-0.25, -0.2) is 0 Å². The smallest absolute Gasteiger partial charge is 0.239 e. The van der Waals surface area contributed by atoms with Crippen LogP contribution >= 0.6 is 0 Å². The van der Waals surface area contributed by atoms with Crippen molar-refractivity contribution in [3.05, 3.63) is 12.1 Å². The second-order valence-corrected chi connectivity index (χ2v) is 7.45. The number of nitrogens with zero attached hydrogens (tertiary/aromatic N) is 1. The number of ether oxygens (including phenoxy) is 1. The van der Waals surface area contributed by atoms with Gasteiger partial charge in [-0.2, -0.15) is 4.98 Å². The molecule has 1 atom stereocenters. The summed E-state index contributed by atoms with van der Waals surface area (Å²) in [5.74, 6) is 2.18. The van der Waals surface area contributed by atoms with Crippen molar-refractivity contribution in [1.29, 1.82) is 0 Å². The number of hydrogen-bond acceptors (Lipinski definition) is 4. The van der Waals surface area contributed by atoms with Crippen LogP contribution in [0.15, 0.2) is 12.1 Å². The van der Waals surface area contributed by atoms with E-state index in [1.165, 1.54) is 38.5 Å². The first-order chi connectivity index (χ1) is 10.0. The summed E-state index contributed by atoms with van der Waals surface area (Å²) in [6.07, 6.45) is 7.55. The SMILES string of the molecule is CC1(C)CCCC(Nc2ccc(N)c(OCC3CC3)n2)C1. The second kappa shape index (κ2) is 5.74. The van der Waals surface area contributed by atoms with Crippen molar-refractivity contribution in [3.8, 4) is 5.88 Å². The third-order valence-corrected chi connectivity index (χ3v) is 4.60. The molecule has 1 aromatic heterocycles. The van der Waals surface area contributed by atoms with Gasteiger partial charge in [0.05, 0.1) is 12.3 Å². The van der Waals surface area contributed by atoms with Crippen molar-refractivity contribution in [2.24, 2.45) is 11.3 Å². The van der Waals surface area contributed by atoms with Gasteiger partial charge in [0.15, 0.2) is 0 Å². The Morgan fingerprint density at radius 3 is 2.86 bits per heavy atom. The standard InChI is InChI=1S/C17H27N3O/c1-17(2)9-3-4-13(10-17)19-15-8-7-14(18)16(20-15)21-11-12-5-6-12/h7-8,12-13H,3-6,9-11,18H2,1-2H3,(H,19,20). The van der Waals surface area contributed by atoms with E-state index in [0.717, 1.165) is 12.4 Å². The van der Waals surface area contributed by atoms with E-state index >= 15 is 0 Å². The molecule has 4 nitrogen and oxygen atoms in total. The molecule has 4 heteroatoms. The van der Waals surface area contributed by atoms with Crippen LogP contribution in [0.4, 0.5) is 11.5 Å². The molecule has 21 heavy (non-hydrogen) atoms. The molecule has 3 N–H and O–H groups in total. The van der Waals surface area contributed by atoms with Crippen molar-refractivity contribution >= 4 is 11.5 Å². The summed E-state index contributed by atoms with van der Waals surface area (Å²) in [7, 11) is 0. The van der Waals surface area contributed by atoms with Crippen molar-refractivity contribution in [2.75, 3.05) is 17.7 Å². The van der Waals surface area contributed by atoms with Gasteiger partial charge in [-0.05, 0) is 55.6 Å². The maximum atomic E-state index is 5.96. The van der Waals surface area contributed by atoms with E-state index < -0.39 is 0 Å². The van der Waals surface area contributed by atoms with Crippen molar-refractivity contribution in [3.63, 3.8) is 0 Å². The van der Waals surface area contributed by atoms with Crippen LogP contribution in [0.1, 0.15) is 52.4 Å². The summed E-state index contributed by atoms with van der Waals surface area (Å²) >= 11 is 0. The lowest BCUT2D eigenvalue weighted by atomic mass is 9.75. The lowest BCUT2D eigenvalue weighted by molar-refractivity contribution is 0.229. The number of pyridine rings is 1. The average molecular weight is 289 g/mol. The first-order valence-electron chi connectivity index (χ1n) is 8.18. The number of hydrogen-bond donors (Lipinski definition) is 2. The Morgan fingerprint density at radius 2 is 2.14 bits per heavy atom. The molecule has 0 aliphatic heterocycles. The lowest BCUT2D eigenvalue weighted by Gasteiger charge is -2.35. The van der Waals surface area contributed by atoms with Crippen LogP contribution in [0.3, 0.4) is 0 Å². The molecule has 2 aliphatic carbocycles. The van der Waals surface area contributed by atoms with Crippen molar-refractivity contribution in [1.82, 2.24) is 4.98 Å². The molecule has 2 fully saturated rings. The predicted octanol–water partition coefficient (Wildman–Crippen LogP) is 3.83. The quantitative estimate of drug-likeness (QED) is 0.864. The van der Waals surface area contributed by atoms with Gasteiger partial charge in [0.25, 0.3) is 0 Å². The van der Waals surface area contributed by atoms with Gasteiger partial charge in [0.1, 0.15) is 5.82 Å². The van der Waals surface area contributed by atoms with Crippen LogP contribution in [0.5, 0.6) is 5.88 Å². The van der Waals surface area contributed by atoms with E-state index in [1.54, 1.807) is 0 Å². The largest absolute Gasteiger partial charge is 0.476 e. The summed E-state index contributed by atoms with van der Waals surface area (Å²) in [6, 6.07) is 4.35. The van der Waals surface area contributed by atoms with Gasteiger partial charge < -0.3 is 15.8 Å². The highest BCUT2D eigenvalue weighted by Gasteiger charge is 2.28. The fourth-order valence-corrected chi connectivity index (χ4v) is 3.16. The summed E-state index contributed by atoms with van der Waals surface area (Å²) in [4.78, 5) is 4.56. The van der Waals surface area contributed by atoms with Gasteiger partial charge >= 0.3 is 0 Å². The Labute approximate surface area is 127 Å². The summed E-state index contributed by atoms with van der Waals surface area (Å²) in [5, 5.41) is 3.56. The van der Waals surface area contributed by atoms with E-state index in [4.69, 9.17) is 10.5 Å². The number of nitrogen functional groups attached to an aromatic ring is 1. The third kappa shape index (κ3) is 4.02. The maximum absolute atomic E-state index is 5.96. The third-order valence-electron chi connectivity index (χ3n) is 4.60. The Hall–Kier alpha value is -1.45. The molecular formula is C17H27N3O. The lowest BCUT2D eigenvalue weighted by Crippen LogP contribution is -2.32. The van der Waals surface area contributed by atoms with Crippen LogP contribution in [-0.2, 0) is 0 Å². The van der Waals surface area contributed by atoms with E-state index in [0.29, 0.717) is 28.9 Å². The van der Waals surface area contributed by atoms with Crippen LogP contribution in [0.2, 0.25) is 0 Å². The van der Waals surface area contributed by atoms with Gasteiger partial charge in [-0.15, -0.1) is 0 Å². The Kier molecular flexibility index (Phi) is 3.96. The second-order valence-electron chi connectivity index (χ2n) is 7.45. The number of anilines is 2. The van der Waals surface area contributed by atoms with Gasteiger partial charge in [-0.3, -0.25) is 0 Å². The zero-order valence-electron chi connectivity index (χ0n) is 13.2.